The lowest BCUT2D eigenvalue weighted by atomic mass is 10.0. The molecule has 0 saturated carbocycles. The van der Waals surface area contributed by atoms with Gasteiger partial charge in [0.2, 0.25) is 0 Å². The van der Waals surface area contributed by atoms with Gasteiger partial charge < -0.3 is 10.5 Å². The summed E-state index contributed by atoms with van der Waals surface area (Å²) in [5.41, 5.74) is 8.38. The maximum atomic E-state index is 6.15. The predicted octanol–water partition coefficient (Wildman–Crippen LogP) is 4.54. The Bertz CT molecular complexity index is 551. The Morgan fingerprint density at radius 2 is 1.70 bits per heavy atom. The van der Waals surface area contributed by atoms with Crippen LogP contribution in [0.5, 0.6) is 5.75 Å². The Kier molecular flexibility index (Phi) is 5.05. The first-order valence-corrected chi connectivity index (χ1v) is 7.18. The number of para-hydroxylation sites is 1. The summed E-state index contributed by atoms with van der Waals surface area (Å²) in [6, 6.07) is 15.5. The fraction of sp³-hybridized carbons (Fsp3) is 0.294. The molecule has 1 unspecified atom stereocenters. The van der Waals surface area contributed by atoms with E-state index >= 15 is 0 Å². The number of hydrogen-bond acceptors (Lipinski definition) is 2. The van der Waals surface area contributed by atoms with E-state index in [1.54, 1.807) is 0 Å². The molecule has 2 aromatic carbocycles. The van der Waals surface area contributed by atoms with Crippen molar-refractivity contribution in [3.63, 3.8) is 0 Å². The fourth-order valence-corrected chi connectivity index (χ4v) is 2.20. The standard InChI is InChI=1S/C17H20ClNO/c1-12(2)15-5-3-4-6-17(15)20-11-16(19)13-7-9-14(18)10-8-13/h3-10,12,16H,11,19H2,1-2H3. The maximum absolute atomic E-state index is 6.15. The summed E-state index contributed by atoms with van der Waals surface area (Å²) in [5.74, 6) is 1.34. The van der Waals surface area contributed by atoms with Gasteiger partial charge in [-0.25, -0.2) is 0 Å². The first-order chi connectivity index (χ1) is 9.58. The molecule has 0 heterocycles. The Labute approximate surface area is 125 Å². The van der Waals surface area contributed by atoms with Crippen molar-refractivity contribution in [2.24, 2.45) is 5.73 Å². The minimum absolute atomic E-state index is 0.160. The van der Waals surface area contributed by atoms with Crippen LogP contribution in [0.25, 0.3) is 0 Å². The normalized spacial score (nSPS) is 12.4. The van der Waals surface area contributed by atoms with E-state index in [2.05, 4.69) is 19.9 Å². The van der Waals surface area contributed by atoms with Gasteiger partial charge in [-0.2, -0.15) is 0 Å². The van der Waals surface area contributed by atoms with Crippen molar-refractivity contribution >= 4 is 11.6 Å². The van der Waals surface area contributed by atoms with E-state index in [4.69, 9.17) is 22.1 Å². The Morgan fingerprint density at radius 1 is 1.05 bits per heavy atom. The van der Waals surface area contributed by atoms with Gasteiger partial charge in [0.05, 0.1) is 6.04 Å². The highest BCUT2D eigenvalue weighted by Crippen LogP contribution is 2.26. The zero-order valence-electron chi connectivity index (χ0n) is 11.8. The molecule has 106 valence electrons. The molecule has 2 rings (SSSR count). The van der Waals surface area contributed by atoms with E-state index < -0.39 is 0 Å². The van der Waals surface area contributed by atoms with E-state index in [-0.39, 0.29) is 6.04 Å². The molecule has 1 atom stereocenters. The van der Waals surface area contributed by atoms with E-state index in [0.29, 0.717) is 17.5 Å². The minimum atomic E-state index is -0.160. The quantitative estimate of drug-likeness (QED) is 0.877. The van der Waals surface area contributed by atoms with Crippen LogP contribution in [0.15, 0.2) is 48.5 Å². The summed E-state index contributed by atoms with van der Waals surface area (Å²) in [6.07, 6.45) is 0. The summed E-state index contributed by atoms with van der Waals surface area (Å²) in [7, 11) is 0. The molecule has 0 spiro atoms. The van der Waals surface area contributed by atoms with Gasteiger partial charge in [-0.3, -0.25) is 0 Å². The largest absolute Gasteiger partial charge is 0.491 e. The lowest BCUT2D eigenvalue weighted by Gasteiger charge is -2.17. The van der Waals surface area contributed by atoms with Gasteiger partial charge in [-0.1, -0.05) is 55.8 Å². The fourth-order valence-electron chi connectivity index (χ4n) is 2.07. The summed E-state index contributed by atoms with van der Waals surface area (Å²) in [4.78, 5) is 0. The number of halogens is 1. The molecule has 0 aliphatic carbocycles. The van der Waals surface area contributed by atoms with Crippen molar-refractivity contribution < 1.29 is 4.74 Å². The average Bonchev–Trinajstić information content (AvgIpc) is 2.45. The lowest BCUT2D eigenvalue weighted by molar-refractivity contribution is 0.287. The minimum Gasteiger partial charge on any atom is -0.491 e. The molecule has 0 aliphatic heterocycles. The number of hydrogen-bond donors (Lipinski definition) is 1. The monoisotopic (exact) mass is 289 g/mol. The van der Waals surface area contributed by atoms with Crippen molar-refractivity contribution in [1.29, 1.82) is 0 Å². The van der Waals surface area contributed by atoms with E-state index in [9.17, 15) is 0 Å². The molecule has 3 heteroatoms. The third-order valence-corrected chi connectivity index (χ3v) is 3.51. The van der Waals surface area contributed by atoms with Gasteiger partial charge in [0.1, 0.15) is 12.4 Å². The summed E-state index contributed by atoms with van der Waals surface area (Å²) in [5, 5.41) is 0.715. The smallest absolute Gasteiger partial charge is 0.122 e. The molecule has 0 amide bonds. The van der Waals surface area contributed by atoms with Gasteiger partial charge in [-0.05, 0) is 35.2 Å². The van der Waals surface area contributed by atoms with Crippen LogP contribution in [0.2, 0.25) is 5.02 Å². The van der Waals surface area contributed by atoms with Crippen LogP contribution >= 0.6 is 11.6 Å². The van der Waals surface area contributed by atoms with Crippen LogP contribution in [0.4, 0.5) is 0 Å². The number of nitrogens with two attached hydrogens (primary N) is 1. The van der Waals surface area contributed by atoms with Crippen molar-refractivity contribution in [3.8, 4) is 5.75 Å². The van der Waals surface area contributed by atoms with Crippen LogP contribution in [-0.2, 0) is 0 Å². The predicted molar refractivity (Wildman–Crippen MR) is 84.4 cm³/mol. The van der Waals surface area contributed by atoms with Crippen LogP contribution in [0.1, 0.15) is 36.9 Å². The molecule has 20 heavy (non-hydrogen) atoms. The van der Waals surface area contributed by atoms with Gasteiger partial charge in [0.15, 0.2) is 0 Å². The SMILES string of the molecule is CC(C)c1ccccc1OCC(N)c1ccc(Cl)cc1. The van der Waals surface area contributed by atoms with Crippen LogP contribution in [0.3, 0.4) is 0 Å². The third kappa shape index (κ3) is 3.75. The summed E-state index contributed by atoms with van der Waals surface area (Å²) >= 11 is 5.87. The van der Waals surface area contributed by atoms with Gasteiger partial charge in [-0.15, -0.1) is 0 Å². The van der Waals surface area contributed by atoms with Crippen molar-refractivity contribution in [3.05, 3.63) is 64.7 Å². The second kappa shape index (κ2) is 6.78. The van der Waals surface area contributed by atoms with E-state index in [0.717, 1.165) is 11.3 Å². The average molecular weight is 290 g/mol. The number of ether oxygens (including phenoxy) is 1. The maximum Gasteiger partial charge on any atom is 0.122 e. The molecule has 0 bridgehead atoms. The molecular formula is C17H20ClNO. The summed E-state index contributed by atoms with van der Waals surface area (Å²) < 4.78 is 5.89. The Balaban J connectivity index is 2.03. The molecule has 2 nitrogen and oxygen atoms in total. The van der Waals surface area contributed by atoms with Crippen LogP contribution in [-0.4, -0.2) is 6.61 Å². The molecule has 0 saturated heterocycles. The second-order valence-electron chi connectivity index (χ2n) is 5.16. The van der Waals surface area contributed by atoms with Gasteiger partial charge in [0, 0.05) is 5.02 Å². The van der Waals surface area contributed by atoms with Crippen molar-refractivity contribution in [1.82, 2.24) is 0 Å². The van der Waals surface area contributed by atoms with Crippen LogP contribution in [0, 0.1) is 0 Å². The van der Waals surface area contributed by atoms with Crippen molar-refractivity contribution in [2.45, 2.75) is 25.8 Å². The van der Waals surface area contributed by atoms with E-state index in [1.807, 2.05) is 42.5 Å². The molecule has 0 fully saturated rings. The third-order valence-electron chi connectivity index (χ3n) is 3.26. The molecule has 2 N–H and O–H groups in total. The molecule has 2 aromatic rings. The molecule has 0 aromatic heterocycles. The summed E-state index contributed by atoms with van der Waals surface area (Å²) in [6.45, 7) is 4.76. The highest BCUT2D eigenvalue weighted by Gasteiger charge is 2.10. The first-order valence-electron chi connectivity index (χ1n) is 6.80. The van der Waals surface area contributed by atoms with Crippen LogP contribution < -0.4 is 10.5 Å². The highest BCUT2D eigenvalue weighted by molar-refractivity contribution is 6.30. The molecule has 0 aliphatic rings. The Hall–Kier alpha value is -1.51. The van der Waals surface area contributed by atoms with Crippen molar-refractivity contribution in [2.75, 3.05) is 6.61 Å². The van der Waals surface area contributed by atoms with E-state index in [1.165, 1.54) is 5.56 Å². The first kappa shape index (κ1) is 14.9. The number of benzene rings is 2. The topological polar surface area (TPSA) is 35.2 Å². The highest BCUT2D eigenvalue weighted by atomic mass is 35.5. The van der Waals surface area contributed by atoms with Gasteiger partial charge >= 0.3 is 0 Å². The Morgan fingerprint density at radius 3 is 2.35 bits per heavy atom. The molecular weight excluding hydrogens is 270 g/mol. The zero-order chi connectivity index (χ0) is 14.5. The zero-order valence-corrected chi connectivity index (χ0v) is 12.6. The number of rotatable bonds is 5. The van der Waals surface area contributed by atoms with Gasteiger partial charge in [0.25, 0.3) is 0 Å². The molecule has 0 radical (unpaired) electrons. The second-order valence-corrected chi connectivity index (χ2v) is 5.60. The lowest BCUT2D eigenvalue weighted by Crippen LogP contribution is -2.19.